The Balaban J connectivity index is 1.68. The van der Waals surface area contributed by atoms with Crippen LogP contribution in [-0.2, 0) is 6.61 Å². The number of carbonyl (C=O) groups is 1. The number of amides is 1. The molecule has 1 aliphatic rings. The van der Waals surface area contributed by atoms with Gasteiger partial charge in [-0.25, -0.2) is 0 Å². The van der Waals surface area contributed by atoms with E-state index in [0.29, 0.717) is 22.8 Å². The van der Waals surface area contributed by atoms with Gasteiger partial charge < -0.3 is 19.3 Å². The smallest absolute Gasteiger partial charge is 0.278 e. The number of methoxy groups -OCH3 is 1. The summed E-state index contributed by atoms with van der Waals surface area (Å²) in [6, 6.07) is 13.1. The maximum absolute atomic E-state index is 12.7. The highest BCUT2D eigenvalue weighted by Crippen LogP contribution is 2.38. The summed E-state index contributed by atoms with van der Waals surface area (Å²) >= 11 is 0. The van der Waals surface area contributed by atoms with Gasteiger partial charge in [-0.05, 0) is 36.8 Å². The molecule has 0 fully saturated rings. The molecule has 2 heterocycles. The zero-order valence-corrected chi connectivity index (χ0v) is 13.8. The third kappa shape index (κ3) is 2.61. The molecule has 1 amide bonds. The number of carbonyl (C=O) groups excluding carboxylic acids is 1. The van der Waals surface area contributed by atoms with Crippen LogP contribution in [0.15, 0.2) is 47.0 Å². The molecule has 0 radical (unpaired) electrons. The van der Waals surface area contributed by atoms with E-state index in [4.69, 9.17) is 14.0 Å². The number of nitrogens with zero attached hydrogens (tertiary/aromatic N) is 1. The number of rotatable bonds is 3. The van der Waals surface area contributed by atoms with Gasteiger partial charge in [0.25, 0.3) is 5.91 Å². The fourth-order valence-corrected chi connectivity index (χ4v) is 2.86. The largest absolute Gasteiger partial charge is 0.495 e. The van der Waals surface area contributed by atoms with Crippen molar-refractivity contribution in [3.8, 4) is 22.8 Å². The van der Waals surface area contributed by atoms with Crippen LogP contribution in [0.3, 0.4) is 0 Å². The monoisotopic (exact) mass is 336 g/mol. The van der Waals surface area contributed by atoms with Crippen molar-refractivity contribution in [3.05, 3.63) is 59.3 Å². The molecule has 0 atom stereocenters. The van der Waals surface area contributed by atoms with E-state index in [9.17, 15) is 4.79 Å². The number of ether oxygens (including phenoxy) is 2. The van der Waals surface area contributed by atoms with E-state index < -0.39 is 0 Å². The fraction of sp³-hybridized carbons (Fsp3) is 0.158. The molecule has 0 spiro atoms. The van der Waals surface area contributed by atoms with Crippen molar-refractivity contribution >= 4 is 11.6 Å². The van der Waals surface area contributed by atoms with Crippen LogP contribution in [0.5, 0.6) is 11.5 Å². The van der Waals surface area contributed by atoms with Gasteiger partial charge in [-0.1, -0.05) is 23.4 Å². The summed E-state index contributed by atoms with van der Waals surface area (Å²) in [5, 5.41) is 6.80. The molecule has 4 rings (SSSR count). The topological polar surface area (TPSA) is 73.6 Å². The summed E-state index contributed by atoms with van der Waals surface area (Å²) in [6.07, 6.45) is 0. The molecule has 6 nitrogen and oxygen atoms in total. The molecule has 0 saturated heterocycles. The third-order valence-corrected chi connectivity index (χ3v) is 4.11. The van der Waals surface area contributed by atoms with E-state index in [1.165, 1.54) is 0 Å². The molecule has 1 N–H and O–H groups in total. The average molecular weight is 336 g/mol. The van der Waals surface area contributed by atoms with Gasteiger partial charge in [0.15, 0.2) is 11.5 Å². The first-order valence-corrected chi connectivity index (χ1v) is 7.84. The zero-order chi connectivity index (χ0) is 17.4. The van der Waals surface area contributed by atoms with Gasteiger partial charge in [0.2, 0.25) is 0 Å². The number of aromatic nitrogens is 1. The Labute approximate surface area is 144 Å². The first kappa shape index (κ1) is 15.3. The highest BCUT2D eigenvalue weighted by Gasteiger charge is 2.28. The first-order chi connectivity index (χ1) is 12.2. The summed E-state index contributed by atoms with van der Waals surface area (Å²) in [7, 11) is 1.56. The summed E-state index contributed by atoms with van der Waals surface area (Å²) in [5.41, 5.74) is 3.25. The summed E-state index contributed by atoms with van der Waals surface area (Å²) in [6.45, 7) is 2.18. The van der Waals surface area contributed by atoms with Crippen LogP contribution in [0.25, 0.3) is 11.3 Å². The number of fused-ring (bicyclic) bond motifs is 3. The average Bonchev–Trinajstić information content (AvgIpc) is 3.06. The number of nitrogens with one attached hydrogen (secondary N) is 1. The molecule has 1 aliphatic heterocycles. The molecule has 25 heavy (non-hydrogen) atoms. The van der Waals surface area contributed by atoms with Crippen molar-refractivity contribution in [2.75, 3.05) is 12.4 Å². The predicted molar refractivity (Wildman–Crippen MR) is 92.0 cm³/mol. The van der Waals surface area contributed by atoms with Crippen LogP contribution in [0.2, 0.25) is 0 Å². The zero-order valence-electron chi connectivity index (χ0n) is 13.8. The molecule has 0 bridgehead atoms. The minimum atomic E-state index is -0.364. The van der Waals surface area contributed by atoms with Gasteiger partial charge in [0.1, 0.15) is 18.1 Å². The second-order valence-corrected chi connectivity index (χ2v) is 5.78. The number of para-hydroxylation sites is 1. The number of hydrogen-bond donors (Lipinski definition) is 1. The Kier molecular flexibility index (Phi) is 3.65. The highest BCUT2D eigenvalue weighted by atomic mass is 16.5. The van der Waals surface area contributed by atoms with Crippen LogP contribution >= 0.6 is 0 Å². The molecular weight excluding hydrogens is 320 g/mol. The lowest BCUT2D eigenvalue weighted by atomic mass is 10.0. The molecule has 0 unspecified atom stereocenters. The van der Waals surface area contributed by atoms with Crippen molar-refractivity contribution in [2.45, 2.75) is 13.5 Å². The first-order valence-electron chi connectivity index (χ1n) is 7.84. The Morgan fingerprint density at radius 2 is 2.08 bits per heavy atom. The van der Waals surface area contributed by atoms with Crippen LogP contribution in [0.1, 0.15) is 21.6 Å². The molecular formula is C19H16N2O4. The lowest BCUT2D eigenvalue weighted by Gasteiger charge is -2.16. The second-order valence-electron chi connectivity index (χ2n) is 5.78. The lowest BCUT2D eigenvalue weighted by Crippen LogP contribution is -2.17. The van der Waals surface area contributed by atoms with Crippen molar-refractivity contribution in [1.29, 1.82) is 0 Å². The van der Waals surface area contributed by atoms with E-state index in [1.807, 2.05) is 49.4 Å². The summed E-state index contributed by atoms with van der Waals surface area (Å²) in [4.78, 5) is 12.7. The van der Waals surface area contributed by atoms with Gasteiger partial charge in [-0.2, -0.15) is 0 Å². The Morgan fingerprint density at radius 1 is 1.24 bits per heavy atom. The second kappa shape index (κ2) is 5.98. The van der Waals surface area contributed by atoms with Crippen molar-refractivity contribution in [1.82, 2.24) is 5.16 Å². The molecule has 3 aromatic rings. The number of hydrogen-bond acceptors (Lipinski definition) is 5. The van der Waals surface area contributed by atoms with Crippen LogP contribution < -0.4 is 14.8 Å². The van der Waals surface area contributed by atoms with Gasteiger partial charge in [0, 0.05) is 0 Å². The van der Waals surface area contributed by atoms with E-state index in [1.54, 1.807) is 7.11 Å². The molecule has 6 heteroatoms. The molecule has 0 aliphatic carbocycles. The van der Waals surface area contributed by atoms with Crippen molar-refractivity contribution < 1.29 is 18.8 Å². The maximum atomic E-state index is 12.7. The number of anilines is 1. The van der Waals surface area contributed by atoms with E-state index >= 15 is 0 Å². The number of aryl methyl sites for hydroxylation is 1. The normalized spacial score (nSPS) is 11.9. The Bertz CT molecular complexity index is 962. The van der Waals surface area contributed by atoms with Crippen molar-refractivity contribution in [2.24, 2.45) is 0 Å². The predicted octanol–water partition coefficient (Wildman–Crippen LogP) is 3.80. The molecule has 2 aromatic carbocycles. The van der Waals surface area contributed by atoms with Crippen LogP contribution in [-0.4, -0.2) is 18.2 Å². The Hall–Kier alpha value is -3.28. The molecule has 0 saturated carbocycles. The van der Waals surface area contributed by atoms with Crippen LogP contribution in [0, 0.1) is 6.92 Å². The summed E-state index contributed by atoms with van der Waals surface area (Å²) in [5.74, 6) is 1.51. The minimum Gasteiger partial charge on any atom is -0.495 e. The lowest BCUT2D eigenvalue weighted by molar-refractivity contribution is 0.101. The van der Waals surface area contributed by atoms with Gasteiger partial charge in [-0.3, -0.25) is 4.79 Å². The van der Waals surface area contributed by atoms with E-state index in [2.05, 4.69) is 10.5 Å². The molecule has 1 aromatic heterocycles. The van der Waals surface area contributed by atoms with Gasteiger partial charge in [0.05, 0.1) is 23.9 Å². The SMILES string of the molecule is COc1ccc(C)cc1NC(=O)c1noc2c1COc1ccccc1-2. The maximum Gasteiger partial charge on any atom is 0.278 e. The molecule has 126 valence electrons. The third-order valence-electron chi connectivity index (χ3n) is 4.11. The number of benzene rings is 2. The van der Waals surface area contributed by atoms with Crippen molar-refractivity contribution in [3.63, 3.8) is 0 Å². The fourth-order valence-electron chi connectivity index (χ4n) is 2.86. The highest BCUT2D eigenvalue weighted by molar-refractivity contribution is 6.05. The van der Waals surface area contributed by atoms with E-state index in [-0.39, 0.29) is 18.2 Å². The van der Waals surface area contributed by atoms with E-state index in [0.717, 1.165) is 16.9 Å². The van der Waals surface area contributed by atoms with Gasteiger partial charge >= 0.3 is 0 Å². The quantitative estimate of drug-likeness (QED) is 0.787. The Morgan fingerprint density at radius 3 is 2.92 bits per heavy atom. The van der Waals surface area contributed by atoms with Crippen LogP contribution in [0.4, 0.5) is 5.69 Å². The minimum absolute atomic E-state index is 0.216. The summed E-state index contributed by atoms with van der Waals surface area (Å²) < 4.78 is 16.4. The standard InChI is InChI=1S/C19H16N2O4/c1-11-7-8-16(23-2)14(9-11)20-19(22)17-13-10-24-15-6-4-3-5-12(15)18(13)25-21-17/h3-9H,10H2,1-2H3,(H,20,22). The van der Waals surface area contributed by atoms with Gasteiger partial charge in [-0.15, -0.1) is 0 Å².